The molecule has 134 valence electrons. The van der Waals surface area contributed by atoms with Crippen LogP contribution in [0.25, 0.3) is 5.69 Å². The Morgan fingerprint density at radius 2 is 2.28 bits per heavy atom. The molecular weight excluding hydrogens is 370 g/mol. The first-order chi connectivity index (χ1) is 11.9. The van der Waals surface area contributed by atoms with Crippen LogP contribution in [-0.2, 0) is 19.4 Å². The quantitative estimate of drug-likeness (QED) is 0.633. The maximum Gasteiger partial charge on any atom is 0.351 e. The summed E-state index contributed by atoms with van der Waals surface area (Å²) in [5.74, 6) is -1.10. The summed E-state index contributed by atoms with van der Waals surface area (Å²) in [7, 11) is -1.58. The van der Waals surface area contributed by atoms with E-state index in [0.717, 1.165) is 11.3 Å². The lowest BCUT2D eigenvalue weighted by Crippen LogP contribution is -2.40. The zero-order valence-corrected chi connectivity index (χ0v) is 14.9. The number of tetrazole rings is 1. The van der Waals surface area contributed by atoms with Crippen LogP contribution in [0.1, 0.15) is 16.1 Å². The van der Waals surface area contributed by atoms with Gasteiger partial charge in [-0.3, -0.25) is 4.79 Å². The Morgan fingerprint density at radius 3 is 2.92 bits per heavy atom. The van der Waals surface area contributed by atoms with Gasteiger partial charge in [0.2, 0.25) is 0 Å². The minimum atomic E-state index is -3.09. The van der Waals surface area contributed by atoms with Gasteiger partial charge in [0, 0.05) is 13.1 Å². The predicted molar refractivity (Wildman–Crippen MR) is 87.1 cm³/mol. The number of esters is 1. The molecule has 0 N–H and O–H groups in total. The van der Waals surface area contributed by atoms with Crippen molar-refractivity contribution in [1.29, 1.82) is 0 Å². The monoisotopic (exact) mass is 385 g/mol. The third-order valence-corrected chi connectivity index (χ3v) is 6.54. The van der Waals surface area contributed by atoms with E-state index in [-0.39, 0.29) is 22.4 Å². The molecule has 2 aromatic heterocycles. The molecule has 25 heavy (non-hydrogen) atoms. The van der Waals surface area contributed by atoms with Crippen LogP contribution in [0.2, 0.25) is 0 Å². The largest absolute Gasteiger partial charge is 0.451 e. The number of carbonyl (C=O) groups excluding carboxylic acids is 2. The number of amides is 1. The molecule has 1 atom stereocenters. The Kier molecular flexibility index (Phi) is 4.81. The molecule has 1 amide bonds. The van der Waals surface area contributed by atoms with Crippen molar-refractivity contribution < 1.29 is 22.7 Å². The number of rotatable bonds is 5. The molecule has 12 heteroatoms. The van der Waals surface area contributed by atoms with E-state index in [1.807, 2.05) is 0 Å². The van der Waals surface area contributed by atoms with E-state index in [0.29, 0.717) is 12.1 Å². The molecule has 0 aromatic carbocycles. The van der Waals surface area contributed by atoms with Crippen LogP contribution < -0.4 is 0 Å². The summed E-state index contributed by atoms with van der Waals surface area (Å²) in [6.07, 6.45) is 1.74. The molecular formula is C13H15N5O5S2. The lowest BCUT2D eigenvalue weighted by Gasteiger charge is -2.23. The lowest BCUT2D eigenvalue weighted by atomic mass is 10.2. The number of likely N-dealkylation sites (N-methyl/N-ethyl adjacent to an activating group) is 1. The number of ether oxygens (including phenoxy) is 1. The maximum atomic E-state index is 12.2. The highest BCUT2D eigenvalue weighted by atomic mass is 32.2. The van der Waals surface area contributed by atoms with Gasteiger partial charge in [-0.1, -0.05) is 0 Å². The summed E-state index contributed by atoms with van der Waals surface area (Å²) in [6, 6.07) is 1.28. The van der Waals surface area contributed by atoms with E-state index in [1.165, 1.54) is 23.0 Å². The zero-order chi connectivity index (χ0) is 18.0. The molecule has 3 heterocycles. The van der Waals surface area contributed by atoms with Gasteiger partial charge in [0.05, 0.1) is 17.2 Å². The van der Waals surface area contributed by atoms with Crippen LogP contribution in [0.4, 0.5) is 0 Å². The van der Waals surface area contributed by atoms with E-state index in [4.69, 9.17) is 4.74 Å². The van der Waals surface area contributed by atoms with Gasteiger partial charge in [0.15, 0.2) is 16.4 Å². The Hall–Kier alpha value is -2.34. The molecule has 0 saturated carbocycles. The Labute approximate surface area is 147 Å². The number of hydrogen-bond donors (Lipinski definition) is 0. The molecule has 1 aliphatic rings. The smallest absolute Gasteiger partial charge is 0.351 e. The summed E-state index contributed by atoms with van der Waals surface area (Å²) in [5.41, 5.74) is 0.461. The highest BCUT2D eigenvalue weighted by molar-refractivity contribution is 7.91. The lowest BCUT2D eigenvalue weighted by molar-refractivity contribution is -0.134. The van der Waals surface area contributed by atoms with Crippen LogP contribution >= 0.6 is 11.3 Å². The molecule has 1 fully saturated rings. The van der Waals surface area contributed by atoms with Crippen LogP contribution in [-0.4, -0.2) is 76.6 Å². The number of thiophene rings is 1. The van der Waals surface area contributed by atoms with Crippen molar-refractivity contribution in [3.05, 3.63) is 22.7 Å². The SMILES string of the molecule is CN(C(=O)COC(=O)c1sccc1-n1cnnn1)C1CCS(=O)(=O)C1. The minimum Gasteiger partial charge on any atom is -0.451 e. The first kappa shape index (κ1) is 17.5. The number of nitrogens with zero attached hydrogens (tertiary/aromatic N) is 5. The van der Waals surface area contributed by atoms with E-state index in [1.54, 1.807) is 11.4 Å². The topological polar surface area (TPSA) is 124 Å². The van der Waals surface area contributed by atoms with Crippen molar-refractivity contribution in [2.75, 3.05) is 25.2 Å². The standard InChI is InChI=1S/C13H15N5O5S2/c1-17(9-3-5-25(21,22)7-9)11(19)6-23-13(20)12-10(2-4-24-12)18-8-14-15-16-18/h2,4,8-9H,3,5-7H2,1H3. The fourth-order valence-electron chi connectivity index (χ4n) is 2.49. The van der Waals surface area contributed by atoms with Crippen molar-refractivity contribution in [2.24, 2.45) is 0 Å². The van der Waals surface area contributed by atoms with Crippen LogP contribution in [0.5, 0.6) is 0 Å². The van der Waals surface area contributed by atoms with E-state index >= 15 is 0 Å². The number of aromatic nitrogens is 4. The van der Waals surface area contributed by atoms with Crippen molar-refractivity contribution in [1.82, 2.24) is 25.1 Å². The van der Waals surface area contributed by atoms with Gasteiger partial charge >= 0.3 is 5.97 Å². The summed E-state index contributed by atoms with van der Waals surface area (Å²) < 4.78 is 29.4. The van der Waals surface area contributed by atoms with E-state index < -0.39 is 28.3 Å². The molecule has 1 aliphatic heterocycles. The molecule has 0 aliphatic carbocycles. The fourth-order valence-corrected chi connectivity index (χ4v) is 5.03. The fraction of sp³-hybridized carbons (Fsp3) is 0.462. The highest BCUT2D eigenvalue weighted by Gasteiger charge is 2.33. The Balaban J connectivity index is 1.60. The van der Waals surface area contributed by atoms with Gasteiger partial charge in [0.1, 0.15) is 11.2 Å². The normalized spacial score (nSPS) is 18.8. The second kappa shape index (κ2) is 6.88. The Bertz CT molecular complexity index is 877. The average Bonchev–Trinajstić information content (AvgIpc) is 3.30. The van der Waals surface area contributed by atoms with Gasteiger partial charge in [-0.25, -0.2) is 13.2 Å². The average molecular weight is 385 g/mol. The molecule has 0 bridgehead atoms. The predicted octanol–water partition coefficient (Wildman–Crippen LogP) is -0.474. The van der Waals surface area contributed by atoms with Crippen LogP contribution in [0.15, 0.2) is 17.8 Å². The second-order valence-corrected chi connectivity index (χ2v) is 8.67. The van der Waals surface area contributed by atoms with Gasteiger partial charge in [-0.05, 0) is 28.3 Å². The highest BCUT2D eigenvalue weighted by Crippen LogP contribution is 2.21. The molecule has 0 spiro atoms. The molecule has 1 saturated heterocycles. The van der Waals surface area contributed by atoms with E-state index in [9.17, 15) is 18.0 Å². The van der Waals surface area contributed by atoms with Crippen LogP contribution in [0, 0.1) is 0 Å². The summed E-state index contributed by atoms with van der Waals surface area (Å²) in [4.78, 5) is 26.0. The zero-order valence-electron chi connectivity index (χ0n) is 13.2. The molecule has 10 nitrogen and oxygen atoms in total. The maximum absolute atomic E-state index is 12.2. The second-order valence-electron chi connectivity index (χ2n) is 5.53. The number of hydrogen-bond acceptors (Lipinski definition) is 9. The molecule has 2 aromatic rings. The van der Waals surface area contributed by atoms with Crippen LogP contribution in [0.3, 0.4) is 0 Å². The summed E-state index contributed by atoms with van der Waals surface area (Å²) in [5, 5.41) is 12.4. The first-order valence-electron chi connectivity index (χ1n) is 7.31. The van der Waals surface area contributed by atoms with Gasteiger partial charge in [-0.15, -0.1) is 16.4 Å². The van der Waals surface area contributed by atoms with Crippen molar-refractivity contribution in [2.45, 2.75) is 12.5 Å². The van der Waals surface area contributed by atoms with Crippen molar-refractivity contribution in [3.8, 4) is 5.69 Å². The third kappa shape index (κ3) is 3.85. The molecule has 3 rings (SSSR count). The summed E-state index contributed by atoms with van der Waals surface area (Å²) >= 11 is 1.15. The van der Waals surface area contributed by atoms with Gasteiger partial charge in [-0.2, -0.15) is 4.68 Å². The minimum absolute atomic E-state index is 0.0580. The third-order valence-electron chi connectivity index (χ3n) is 3.90. The van der Waals surface area contributed by atoms with Crippen molar-refractivity contribution >= 4 is 33.1 Å². The molecule has 1 unspecified atom stereocenters. The van der Waals surface area contributed by atoms with Gasteiger partial charge < -0.3 is 9.64 Å². The Morgan fingerprint density at radius 1 is 1.48 bits per heavy atom. The molecule has 0 radical (unpaired) electrons. The summed E-state index contributed by atoms with van der Waals surface area (Å²) in [6.45, 7) is -0.459. The first-order valence-corrected chi connectivity index (χ1v) is 10.0. The van der Waals surface area contributed by atoms with Gasteiger partial charge in [0.25, 0.3) is 5.91 Å². The number of sulfone groups is 1. The van der Waals surface area contributed by atoms with E-state index in [2.05, 4.69) is 15.5 Å². The van der Waals surface area contributed by atoms with Crippen molar-refractivity contribution in [3.63, 3.8) is 0 Å². The number of carbonyl (C=O) groups is 2.